The summed E-state index contributed by atoms with van der Waals surface area (Å²) in [7, 11) is 0. The van der Waals surface area contributed by atoms with Crippen molar-refractivity contribution >= 4 is 29.4 Å². The van der Waals surface area contributed by atoms with Crippen LogP contribution in [0.3, 0.4) is 0 Å². The summed E-state index contributed by atoms with van der Waals surface area (Å²) in [5.74, 6) is -1.11. The van der Waals surface area contributed by atoms with Gasteiger partial charge < -0.3 is 36.2 Å². The molecule has 11 nitrogen and oxygen atoms in total. The van der Waals surface area contributed by atoms with Gasteiger partial charge in [-0.2, -0.15) is 0 Å². The highest BCUT2D eigenvalue weighted by molar-refractivity contribution is 6.00. The first kappa shape index (κ1) is 19.4. The molecule has 1 fully saturated rings. The Morgan fingerprint density at radius 3 is 2.82 bits per heavy atom. The topological polar surface area (TPSA) is 161 Å². The van der Waals surface area contributed by atoms with E-state index in [1.165, 1.54) is 18.2 Å². The fraction of sp³-hybridized carbons (Fsp3) is 0.412. The number of nitrogens with one attached hydrogen (secondary N) is 4. The first-order valence-corrected chi connectivity index (χ1v) is 8.69. The van der Waals surface area contributed by atoms with Crippen molar-refractivity contribution in [2.24, 2.45) is 4.99 Å². The summed E-state index contributed by atoms with van der Waals surface area (Å²) in [5.41, 5.74) is 0.560. The van der Waals surface area contributed by atoms with Gasteiger partial charge in [0, 0.05) is 23.9 Å². The number of esters is 1. The number of hydrogen-bond acceptors (Lipinski definition) is 9. The molecule has 0 radical (unpaired) electrons. The first-order chi connectivity index (χ1) is 13.4. The lowest BCUT2D eigenvalue weighted by molar-refractivity contribution is -0.138. The van der Waals surface area contributed by atoms with E-state index in [4.69, 9.17) is 4.74 Å². The molecule has 1 saturated heterocycles. The molecule has 0 spiro atoms. The number of carbonyl (C=O) groups excluding carboxylic acids is 3. The van der Waals surface area contributed by atoms with E-state index in [9.17, 15) is 24.6 Å². The standard InChI is InChI=1S/C17H21N5O6/c23-12-2-9(1-10(3-12)22-17-19-5-13(24)6-20-17)16(27)18-7-14(25)21-11-4-15(26)28-8-11/h1-3,11,13,23-24H,4-8H2,(H,18,27)(H,21,25)(H2,19,20,22)/t11-/m0/s1. The number of carbonyl (C=O) groups is 3. The summed E-state index contributed by atoms with van der Waals surface area (Å²) in [4.78, 5) is 39.3. The minimum Gasteiger partial charge on any atom is -0.508 e. The van der Waals surface area contributed by atoms with Gasteiger partial charge in [0.2, 0.25) is 5.91 Å². The molecule has 2 aliphatic heterocycles. The summed E-state index contributed by atoms with van der Waals surface area (Å²) in [6, 6.07) is 3.78. The second kappa shape index (κ2) is 8.57. The molecule has 2 heterocycles. The zero-order chi connectivity index (χ0) is 20.1. The number of cyclic esters (lactones) is 1. The summed E-state index contributed by atoms with van der Waals surface area (Å²) in [6.45, 7) is 0.419. The second-order valence-corrected chi connectivity index (χ2v) is 6.45. The van der Waals surface area contributed by atoms with E-state index in [-0.39, 0.29) is 43.4 Å². The molecule has 2 atom stereocenters. The number of phenolic OH excluding ortho intramolecular Hbond substituents is 1. The van der Waals surface area contributed by atoms with Crippen LogP contribution in [0.4, 0.5) is 5.69 Å². The SMILES string of the molecule is O=C(CNC(=O)c1cc(O)cc(NC2=NCC(O)CN2)c1)N[C@@H]1COC(=O)C1. The van der Waals surface area contributed by atoms with Crippen LogP contribution < -0.4 is 21.3 Å². The Labute approximate surface area is 160 Å². The number of amides is 2. The van der Waals surface area contributed by atoms with Gasteiger partial charge in [-0.25, -0.2) is 0 Å². The number of hydrogen-bond donors (Lipinski definition) is 6. The second-order valence-electron chi connectivity index (χ2n) is 6.45. The van der Waals surface area contributed by atoms with Gasteiger partial charge in [-0.05, 0) is 12.1 Å². The number of aliphatic hydroxyl groups excluding tert-OH is 1. The third-order valence-corrected chi connectivity index (χ3v) is 4.04. The van der Waals surface area contributed by atoms with Gasteiger partial charge in [0.05, 0.1) is 31.7 Å². The molecule has 1 aromatic rings. The smallest absolute Gasteiger partial charge is 0.308 e. The largest absolute Gasteiger partial charge is 0.508 e. The molecule has 6 N–H and O–H groups in total. The molecule has 0 saturated carbocycles. The molecule has 0 aliphatic carbocycles. The van der Waals surface area contributed by atoms with E-state index < -0.39 is 24.0 Å². The van der Waals surface area contributed by atoms with Crippen molar-refractivity contribution in [3.05, 3.63) is 23.8 Å². The summed E-state index contributed by atoms with van der Waals surface area (Å²) >= 11 is 0. The number of phenols is 1. The van der Waals surface area contributed by atoms with Crippen LogP contribution in [0.15, 0.2) is 23.2 Å². The molecular weight excluding hydrogens is 370 g/mol. The first-order valence-electron chi connectivity index (χ1n) is 8.69. The van der Waals surface area contributed by atoms with Gasteiger partial charge in [-0.15, -0.1) is 0 Å². The summed E-state index contributed by atoms with van der Waals surface area (Å²) < 4.78 is 4.75. The van der Waals surface area contributed by atoms with Crippen LogP contribution in [0.25, 0.3) is 0 Å². The maximum absolute atomic E-state index is 12.3. The zero-order valence-electron chi connectivity index (χ0n) is 14.9. The lowest BCUT2D eigenvalue weighted by Gasteiger charge is -2.20. The Morgan fingerprint density at radius 1 is 1.32 bits per heavy atom. The molecule has 1 aromatic carbocycles. The van der Waals surface area contributed by atoms with Crippen LogP contribution in [0.1, 0.15) is 16.8 Å². The number of benzene rings is 1. The van der Waals surface area contributed by atoms with E-state index in [1.54, 1.807) is 0 Å². The average Bonchev–Trinajstić information content (AvgIpc) is 3.06. The van der Waals surface area contributed by atoms with Crippen molar-refractivity contribution in [3.63, 3.8) is 0 Å². The fourth-order valence-electron chi connectivity index (χ4n) is 2.71. The lowest BCUT2D eigenvalue weighted by atomic mass is 10.1. The predicted molar refractivity (Wildman–Crippen MR) is 97.9 cm³/mol. The Kier molecular flexibility index (Phi) is 5.94. The van der Waals surface area contributed by atoms with E-state index in [2.05, 4.69) is 26.3 Å². The maximum Gasteiger partial charge on any atom is 0.308 e. The Bertz CT molecular complexity index is 811. The number of ether oxygens (including phenoxy) is 1. The van der Waals surface area contributed by atoms with Crippen LogP contribution in [0, 0.1) is 0 Å². The number of guanidine groups is 1. The van der Waals surface area contributed by atoms with Crippen molar-refractivity contribution in [1.29, 1.82) is 0 Å². The van der Waals surface area contributed by atoms with Crippen molar-refractivity contribution < 1.29 is 29.3 Å². The van der Waals surface area contributed by atoms with Crippen LogP contribution in [-0.4, -0.2) is 72.3 Å². The Morgan fingerprint density at radius 2 is 2.14 bits per heavy atom. The van der Waals surface area contributed by atoms with Gasteiger partial charge in [0.1, 0.15) is 12.4 Å². The fourth-order valence-corrected chi connectivity index (χ4v) is 2.71. The van der Waals surface area contributed by atoms with E-state index in [0.29, 0.717) is 18.2 Å². The molecule has 0 aromatic heterocycles. The molecule has 2 amide bonds. The quantitative estimate of drug-likeness (QED) is 0.323. The molecule has 0 bridgehead atoms. The normalized spacial score (nSPS) is 21.2. The van der Waals surface area contributed by atoms with Crippen LogP contribution >= 0.6 is 0 Å². The molecule has 28 heavy (non-hydrogen) atoms. The van der Waals surface area contributed by atoms with Crippen molar-refractivity contribution in [3.8, 4) is 5.75 Å². The Hall–Kier alpha value is -3.34. The summed E-state index contributed by atoms with van der Waals surface area (Å²) in [6.07, 6.45) is -0.452. The summed E-state index contributed by atoms with van der Waals surface area (Å²) in [5, 5.41) is 30.1. The van der Waals surface area contributed by atoms with Crippen molar-refractivity contribution in [1.82, 2.24) is 16.0 Å². The zero-order valence-corrected chi connectivity index (χ0v) is 14.9. The molecule has 1 unspecified atom stereocenters. The van der Waals surface area contributed by atoms with Crippen molar-refractivity contribution in [2.75, 3.05) is 31.6 Å². The van der Waals surface area contributed by atoms with Gasteiger partial charge in [-0.1, -0.05) is 0 Å². The number of rotatable bonds is 5. The van der Waals surface area contributed by atoms with E-state index >= 15 is 0 Å². The highest BCUT2D eigenvalue weighted by Crippen LogP contribution is 2.20. The number of nitrogens with zero attached hydrogens (tertiary/aromatic N) is 1. The lowest BCUT2D eigenvalue weighted by Crippen LogP contribution is -2.42. The minimum absolute atomic E-state index is 0.107. The van der Waals surface area contributed by atoms with Crippen molar-refractivity contribution in [2.45, 2.75) is 18.6 Å². The van der Waals surface area contributed by atoms with E-state index in [1.807, 2.05) is 0 Å². The third kappa shape index (κ3) is 5.33. The molecular formula is C17H21N5O6. The third-order valence-electron chi connectivity index (χ3n) is 4.04. The van der Waals surface area contributed by atoms with E-state index in [0.717, 1.165) is 0 Å². The highest BCUT2D eigenvalue weighted by atomic mass is 16.5. The van der Waals surface area contributed by atoms with Gasteiger partial charge >= 0.3 is 5.97 Å². The van der Waals surface area contributed by atoms with Gasteiger partial charge in [0.25, 0.3) is 5.91 Å². The molecule has 3 rings (SSSR count). The molecule has 2 aliphatic rings. The number of aliphatic imine (C=N–C) groups is 1. The Balaban J connectivity index is 1.55. The number of anilines is 1. The number of β-amino-alcohol motifs (C(OH)–C–C–N with tert-alkyl or cyclic N) is 1. The predicted octanol–water partition coefficient (Wildman–Crippen LogP) is -1.71. The molecule has 150 valence electrons. The number of aromatic hydroxyl groups is 1. The molecule has 11 heteroatoms. The minimum atomic E-state index is -0.559. The average molecular weight is 391 g/mol. The van der Waals surface area contributed by atoms with Gasteiger partial charge in [0.15, 0.2) is 5.96 Å². The van der Waals surface area contributed by atoms with Gasteiger partial charge in [-0.3, -0.25) is 19.4 Å². The van der Waals surface area contributed by atoms with Crippen LogP contribution in [0.2, 0.25) is 0 Å². The van der Waals surface area contributed by atoms with Crippen LogP contribution in [-0.2, 0) is 14.3 Å². The monoisotopic (exact) mass is 391 g/mol. The maximum atomic E-state index is 12.3. The van der Waals surface area contributed by atoms with Crippen LogP contribution in [0.5, 0.6) is 5.75 Å². The number of aliphatic hydroxyl groups is 1. The highest BCUT2D eigenvalue weighted by Gasteiger charge is 2.25.